The van der Waals surface area contributed by atoms with Gasteiger partial charge in [-0.2, -0.15) is 0 Å². The smallest absolute Gasteiger partial charge is 0.251 e. The van der Waals surface area contributed by atoms with Crippen LogP contribution in [0.4, 0.5) is 8.78 Å². The summed E-state index contributed by atoms with van der Waals surface area (Å²) in [7, 11) is 1.46. The van der Waals surface area contributed by atoms with Crippen LogP contribution in [0.3, 0.4) is 0 Å². The average molecular weight is 581 g/mol. The van der Waals surface area contributed by atoms with Crippen molar-refractivity contribution >= 4 is 17.5 Å². The molecule has 3 aromatic rings. The van der Waals surface area contributed by atoms with E-state index in [2.05, 4.69) is 10.6 Å². The first kappa shape index (κ1) is 26.7. The number of rotatable bonds is 6. The number of aliphatic hydroxyl groups excluding tert-OH is 1. The lowest BCUT2D eigenvalue weighted by atomic mass is 9.84. The summed E-state index contributed by atoms with van der Waals surface area (Å²) in [6, 6.07) is 12.7. The molecular formula is C32H31ClF2N2O4. The fraction of sp³-hybridized carbons (Fsp3) is 0.406. The molecular weight excluding hydrogens is 550 g/mol. The largest absolute Gasteiger partial charge is 0.489 e. The molecule has 7 rings (SSSR count). The summed E-state index contributed by atoms with van der Waals surface area (Å²) in [5, 5.41) is 15.9. The van der Waals surface area contributed by atoms with Crippen LogP contribution in [-0.4, -0.2) is 42.9 Å². The Balaban J connectivity index is 1.36. The maximum Gasteiger partial charge on any atom is 0.251 e. The van der Waals surface area contributed by atoms with Crippen molar-refractivity contribution in [2.75, 3.05) is 13.6 Å². The highest BCUT2D eigenvalue weighted by molar-refractivity contribution is 6.34. The standard InChI is InChI=1S/C32H31ClF2N2O4/c1-36-31(39)20-12-25-26(19-11-23(19)40-25)30(35)28(20)27-21-14-32(16-5-3-2-4-6-16,41-24(21)13-22(34)29(27)33)15-37-17-7-9-18(38)10-8-17/h2-6,12-13,17-19,23,37-38H,7-11,14-15H2,1H3,(H,36,39)/t17?,18?,19?,23?,32-/m1/s1. The highest BCUT2D eigenvalue weighted by Crippen LogP contribution is 2.58. The van der Waals surface area contributed by atoms with E-state index in [1.807, 2.05) is 30.3 Å². The first-order valence-corrected chi connectivity index (χ1v) is 14.6. The molecule has 41 heavy (non-hydrogen) atoms. The van der Waals surface area contributed by atoms with Crippen LogP contribution in [-0.2, 0) is 12.0 Å². The van der Waals surface area contributed by atoms with Gasteiger partial charge in [0.1, 0.15) is 29.2 Å². The third-order valence-corrected chi connectivity index (χ3v) is 9.47. The minimum atomic E-state index is -0.920. The number of halogens is 3. The van der Waals surface area contributed by atoms with Crippen molar-refractivity contribution < 1.29 is 28.2 Å². The Kier molecular flexibility index (Phi) is 6.48. The normalized spacial score (nSPS) is 27.3. The van der Waals surface area contributed by atoms with Crippen molar-refractivity contribution in [2.24, 2.45) is 0 Å². The zero-order valence-corrected chi connectivity index (χ0v) is 23.4. The van der Waals surface area contributed by atoms with Crippen molar-refractivity contribution in [1.29, 1.82) is 0 Å². The topological polar surface area (TPSA) is 79.8 Å². The molecule has 2 unspecified atom stereocenters. The quantitative estimate of drug-likeness (QED) is 0.353. The number of amides is 1. The first-order valence-electron chi connectivity index (χ1n) is 14.2. The Morgan fingerprint density at radius 1 is 1.10 bits per heavy atom. The van der Waals surface area contributed by atoms with Gasteiger partial charge in [-0.3, -0.25) is 4.79 Å². The first-order chi connectivity index (χ1) is 19.8. The van der Waals surface area contributed by atoms with Gasteiger partial charge in [0.05, 0.1) is 16.7 Å². The minimum Gasteiger partial charge on any atom is -0.489 e. The van der Waals surface area contributed by atoms with Crippen molar-refractivity contribution in [1.82, 2.24) is 10.6 Å². The molecule has 2 fully saturated rings. The second-order valence-electron chi connectivity index (χ2n) is 11.7. The van der Waals surface area contributed by atoms with Gasteiger partial charge < -0.3 is 25.2 Å². The summed E-state index contributed by atoms with van der Waals surface area (Å²) in [6.45, 7) is 0.414. The van der Waals surface area contributed by atoms with E-state index < -0.39 is 23.1 Å². The molecule has 2 aliphatic heterocycles. The van der Waals surface area contributed by atoms with E-state index >= 15 is 8.78 Å². The monoisotopic (exact) mass is 580 g/mol. The average Bonchev–Trinajstić information content (AvgIpc) is 3.48. The molecule has 2 heterocycles. The molecule has 214 valence electrons. The molecule has 6 nitrogen and oxygen atoms in total. The van der Waals surface area contributed by atoms with Gasteiger partial charge in [-0.1, -0.05) is 41.9 Å². The predicted molar refractivity (Wildman–Crippen MR) is 151 cm³/mol. The molecule has 0 bridgehead atoms. The van der Waals surface area contributed by atoms with E-state index in [9.17, 15) is 9.90 Å². The number of carbonyl (C=O) groups excluding carboxylic acids is 1. The maximum absolute atomic E-state index is 16.5. The highest BCUT2D eigenvalue weighted by atomic mass is 35.5. The van der Waals surface area contributed by atoms with Crippen LogP contribution in [0, 0.1) is 11.6 Å². The van der Waals surface area contributed by atoms with E-state index in [-0.39, 0.29) is 58.1 Å². The SMILES string of the molecule is CNC(=O)c1cc2c(c(F)c1-c1c(Cl)c(F)cc3c1C[C@@](CNC1CCC(O)CC1)(c1ccccc1)O3)C1CC1O2. The molecule has 3 N–H and O–H groups in total. The Bertz CT molecular complexity index is 1540. The van der Waals surface area contributed by atoms with Crippen molar-refractivity contribution in [2.45, 2.75) is 68.3 Å². The maximum atomic E-state index is 16.5. The van der Waals surface area contributed by atoms with Crippen LogP contribution in [0.1, 0.15) is 65.1 Å². The molecule has 3 aromatic carbocycles. The number of ether oxygens (including phenoxy) is 2. The van der Waals surface area contributed by atoms with Crippen molar-refractivity contribution in [3.8, 4) is 22.6 Å². The molecule has 9 heteroatoms. The van der Waals surface area contributed by atoms with E-state index in [0.717, 1.165) is 31.2 Å². The molecule has 0 radical (unpaired) electrons. The van der Waals surface area contributed by atoms with Crippen LogP contribution >= 0.6 is 11.6 Å². The van der Waals surface area contributed by atoms with E-state index in [0.29, 0.717) is 29.8 Å². The van der Waals surface area contributed by atoms with Crippen molar-refractivity contribution in [3.05, 3.63) is 81.4 Å². The number of nitrogens with one attached hydrogen (secondary N) is 2. The fourth-order valence-electron chi connectivity index (χ4n) is 6.80. The van der Waals surface area contributed by atoms with Crippen LogP contribution in [0.15, 0.2) is 42.5 Å². The number of fused-ring (bicyclic) bond motifs is 4. The van der Waals surface area contributed by atoms with E-state index in [4.69, 9.17) is 21.1 Å². The van der Waals surface area contributed by atoms with E-state index in [1.165, 1.54) is 13.1 Å². The molecule has 0 aromatic heterocycles. The summed E-state index contributed by atoms with van der Waals surface area (Å²) in [4.78, 5) is 13.1. The molecule has 0 spiro atoms. The zero-order valence-electron chi connectivity index (χ0n) is 22.6. The molecule has 3 atom stereocenters. The number of hydrogen-bond acceptors (Lipinski definition) is 5. The number of carbonyl (C=O) groups is 1. The second kappa shape index (κ2) is 9.96. The molecule has 4 aliphatic rings. The second-order valence-corrected chi connectivity index (χ2v) is 12.0. The summed E-state index contributed by atoms with van der Waals surface area (Å²) in [5.74, 6) is -1.32. The summed E-state index contributed by atoms with van der Waals surface area (Å²) in [5.41, 5.74) is 1.09. The van der Waals surface area contributed by atoms with Crippen LogP contribution in [0.2, 0.25) is 5.02 Å². The lowest BCUT2D eigenvalue weighted by molar-refractivity contribution is 0.0760. The Labute approximate surface area is 242 Å². The van der Waals surface area contributed by atoms with Gasteiger partial charge >= 0.3 is 0 Å². The fourth-order valence-corrected chi connectivity index (χ4v) is 7.07. The molecule has 2 saturated carbocycles. The van der Waals surface area contributed by atoms with Crippen LogP contribution in [0.25, 0.3) is 11.1 Å². The van der Waals surface area contributed by atoms with Gasteiger partial charge in [-0.25, -0.2) is 8.78 Å². The van der Waals surface area contributed by atoms with Gasteiger partial charge in [0, 0.05) is 60.3 Å². The lowest BCUT2D eigenvalue weighted by Crippen LogP contribution is -2.46. The Morgan fingerprint density at radius 3 is 2.59 bits per heavy atom. The van der Waals surface area contributed by atoms with Gasteiger partial charge in [0.15, 0.2) is 5.60 Å². The Morgan fingerprint density at radius 2 is 1.85 bits per heavy atom. The van der Waals surface area contributed by atoms with E-state index in [1.54, 1.807) is 6.07 Å². The third-order valence-electron chi connectivity index (χ3n) is 9.10. The summed E-state index contributed by atoms with van der Waals surface area (Å²) < 4.78 is 44.5. The molecule has 2 aliphatic carbocycles. The van der Waals surface area contributed by atoms with Crippen LogP contribution in [0.5, 0.6) is 11.5 Å². The Hall–Kier alpha value is -3.20. The number of aliphatic hydroxyl groups is 1. The lowest BCUT2D eigenvalue weighted by Gasteiger charge is -2.34. The van der Waals surface area contributed by atoms with Crippen molar-refractivity contribution in [3.63, 3.8) is 0 Å². The van der Waals surface area contributed by atoms with Gasteiger partial charge in [0.25, 0.3) is 5.91 Å². The number of benzene rings is 3. The minimum absolute atomic E-state index is 0.0262. The van der Waals surface area contributed by atoms with Gasteiger partial charge in [-0.15, -0.1) is 0 Å². The van der Waals surface area contributed by atoms with Gasteiger partial charge in [-0.05, 0) is 43.7 Å². The third kappa shape index (κ3) is 4.39. The predicted octanol–water partition coefficient (Wildman–Crippen LogP) is 5.62. The molecule has 0 saturated heterocycles. The zero-order chi connectivity index (χ0) is 28.5. The molecule has 1 amide bonds. The summed E-state index contributed by atoms with van der Waals surface area (Å²) in [6.07, 6.45) is 3.76. The van der Waals surface area contributed by atoms with Gasteiger partial charge in [0.2, 0.25) is 0 Å². The number of hydrogen-bond donors (Lipinski definition) is 3. The highest BCUT2D eigenvalue weighted by Gasteiger charge is 2.51. The van der Waals surface area contributed by atoms with Crippen LogP contribution < -0.4 is 20.1 Å². The summed E-state index contributed by atoms with van der Waals surface area (Å²) >= 11 is 6.65.